The van der Waals surface area contributed by atoms with Gasteiger partial charge in [0.05, 0.1) is 11.3 Å². The Kier molecular flexibility index (Phi) is 5.96. The minimum Gasteiger partial charge on any atom is -0.339 e. The van der Waals surface area contributed by atoms with Gasteiger partial charge in [-0.15, -0.1) is 0 Å². The summed E-state index contributed by atoms with van der Waals surface area (Å²) in [6.45, 7) is 1.97. The molecule has 0 unspecified atom stereocenters. The van der Waals surface area contributed by atoms with Crippen molar-refractivity contribution in [2.45, 2.75) is 32.0 Å². The molecular formula is C16H20F4N2O3S. The van der Waals surface area contributed by atoms with E-state index in [0.29, 0.717) is 25.0 Å². The lowest BCUT2D eigenvalue weighted by Gasteiger charge is -2.36. The van der Waals surface area contributed by atoms with Gasteiger partial charge in [0.1, 0.15) is 5.82 Å². The van der Waals surface area contributed by atoms with Crippen LogP contribution in [0.3, 0.4) is 0 Å². The fourth-order valence-corrected chi connectivity index (χ4v) is 3.99. The highest BCUT2D eigenvalue weighted by Crippen LogP contribution is 2.32. The van der Waals surface area contributed by atoms with E-state index in [-0.39, 0.29) is 30.4 Å². The molecule has 146 valence electrons. The summed E-state index contributed by atoms with van der Waals surface area (Å²) in [5.41, 5.74) is -1.72. The van der Waals surface area contributed by atoms with Crippen LogP contribution in [0.5, 0.6) is 0 Å². The van der Waals surface area contributed by atoms with E-state index in [1.165, 1.54) is 23.2 Å². The second-order valence-corrected chi connectivity index (χ2v) is 8.45. The van der Waals surface area contributed by atoms with Gasteiger partial charge in [-0.3, -0.25) is 4.79 Å². The molecule has 1 aliphatic heterocycles. The predicted molar refractivity (Wildman–Crippen MR) is 87.6 cm³/mol. The summed E-state index contributed by atoms with van der Waals surface area (Å²) in [5, 5.41) is 0. The average Bonchev–Trinajstić information content (AvgIpc) is 2.60. The lowest BCUT2D eigenvalue weighted by atomic mass is 10.0. The van der Waals surface area contributed by atoms with Crippen LogP contribution in [0.2, 0.25) is 0 Å². The molecule has 1 aromatic rings. The molecule has 1 aromatic carbocycles. The number of rotatable bonds is 4. The van der Waals surface area contributed by atoms with E-state index in [0.717, 1.165) is 6.07 Å². The molecule has 0 N–H and O–H groups in total. The first-order chi connectivity index (χ1) is 12.0. The molecule has 0 radical (unpaired) electrons. The SMILES string of the molecule is CCS(=O)(=O)N(C)C1CCN(C(=O)c2ccc(F)c(C(F)(F)F)c2)CC1. The maximum Gasteiger partial charge on any atom is 0.419 e. The molecule has 1 saturated heterocycles. The van der Waals surface area contributed by atoms with Crippen LogP contribution in [0.4, 0.5) is 17.6 Å². The van der Waals surface area contributed by atoms with Gasteiger partial charge in [0.2, 0.25) is 10.0 Å². The number of nitrogens with zero attached hydrogens (tertiary/aromatic N) is 2. The molecule has 0 atom stereocenters. The first-order valence-electron chi connectivity index (χ1n) is 8.09. The number of halogens is 4. The van der Waals surface area contributed by atoms with Gasteiger partial charge in [0.25, 0.3) is 5.91 Å². The van der Waals surface area contributed by atoms with E-state index in [1.54, 1.807) is 0 Å². The summed E-state index contributed by atoms with van der Waals surface area (Å²) in [6.07, 6.45) is -4.12. The Balaban J connectivity index is 2.10. The van der Waals surface area contributed by atoms with Gasteiger partial charge < -0.3 is 4.90 Å². The zero-order valence-electron chi connectivity index (χ0n) is 14.4. The zero-order chi connectivity index (χ0) is 19.7. The summed E-state index contributed by atoms with van der Waals surface area (Å²) in [6, 6.07) is 1.90. The number of piperidine rings is 1. The number of benzene rings is 1. The highest BCUT2D eigenvalue weighted by atomic mass is 32.2. The van der Waals surface area contributed by atoms with E-state index >= 15 is 0 Å². The Morgan fingerprint density at radius 3 is 2.35 bits per heavy atom. The highest BCUT2D eigenvalue weighted by molar-refractivity contribution is 7.89. The number of alkyl halides is 3. The maximum absolute atomic E-state index is 13.3. The molecular weight excluding hydrogens is 376 g/mol. The third-order valence-corrected chi connectivity index (χ3v) is 6.49. The topological polar surface area (TPSA) is 57.7 Å². The van der Waals surface area contributed by atoms with Crippen molar-refractivity contribution < 1.29 is 30.8 Å². The fourth-order valence-electron chi connectivity index (χ4n) is 2.92. The van der Waals surface area contributed by atoms with Crippen molar-refractivity contribution in [2.75, 3.05) is 25.9 Å². The van der Waals surface area contributed by atoms with E-state index in [9.17, 15) is 30.8 Å². The van der Waals surface area contributed by atoms with Crippen molar-refractivity contribution >= 4 is 15.9 Å². The van der Waals surface area contributed by atoms with Crippen LogP contribution in [0.25, 0.3) is 0 Å². The van der Waals surface area contributed by atoms with Crippen molar-refractivity contribution in [3.63, 3.8) is 0 Å². The van der Waals surface area contributed by atoms with Gasteiger partial charge >= 0.3 is 6.18 Å². The Morgan fingerprint density at radius 1 is 1.27 bits per heavy atom. The Bertz CT molecular complexity index is 772. The van der Waals surface area contributed by atoms with Gasteiger partial charge in [0.15, 0.2) is 0 Å². The quantitative estimate of drug-likeness (QED) is 0.736. The number of carbonyl (C=O) groups excluding carboxylic acids is 1. The number of hydrogen-bond donors (Lipinski definition) is 0. The molecule has 0 spiro atoms. The molecule has 1 heterocycles. The molecule has 1 fully saturated rings. The van der Waals surface area contributed by atoms with Crippen LogP contribution in [0.1, 0.15) is 35.7 Å². The van der Waals surface area contributed by atoms with Crippen LogP contribution in [0.15, 0.2) is 18.2 Å². The second kappa shape index (κ2) is 7.51. The standard InChI is InChI=1S/C16H20F4N2O3S/c1-3-26(24,25)21(2)12-6-8-22(9-7-12)15(23)11-4-5-14(17)13(10-11)16(18,19)20/h4-5,10,12H,3,6-9H2,1-2H3. The lowest BCUT2D eigenvalue weighted by molar-refractivity contribution is -0.140. The lowest BCUT2D eigenvalue weighted by Crippen LogP contribution is -2.47. The highest BCUT2D eigenvalue weighted by Gasteiger charge is 2.36. The predicted octanol–water partition coefficient (Wildman–Crippen LogP) is 2.73. The van der Waals surface area contributed by atoms with Crippen molar-refractivity contribution in [3.05, 3.63) is 35.1 Å². The molecule has 0 aliphatic carbocycles. The first-order valence-corrected chi connectivity index (χ1v) is 9.70. The molecule has 26 heavy (non-hydrogen) atoms. The molecule has 0 aromatic heterocycles. The summed E-state index contributed by atoms with van der Waals surface area (Å²) < 4.78 is 76.8. The molecule has 0 bridgehead atoms. The van der Waals surface area contributed by atoms with Crippen molar-refractivity contribution in [1.29, 1.82) is 0 Å². The minimum absolute atomic E-state index is 0.0293. The molecule has 10 heteroatoms. The molecule has 0 saturated carbocycles. The fraction of sp³-hybridized carbons (Fsp3) is 0.562. The summed E-state index contributed by atoms with van der Waals surface area (Å²) in [7, 11) is -1.87. The van der Waals surface area contributed by atoms with Crippen LogP contribution < -0.4 is 0 Å². The minimum atomic E-state index is -4.88. The average molecular weight is 396 g/mol. The zero-order valence-corrected chi connectivity index (χ0v) is 15.2. The second-order valence-electron chi connectivity index (χ2n) is 6.13. The number of amides is 1. The number of likely N-dealkylation sites (tertiary alicyclic amines) is 1. The summed E-state index contributed by atoms with van der Waals surface area (Å²) in [5.74, 6) is -2.09. The van der Waals surface area contributed by atoms with Crippen molar-refractivity contribution in [3.8, 4) is 0 Å². The Labute approximate surface area is 149 Å². The van der Waals surface area contributed by atoms with Crippen LogP contribution >= 0.6 is 0 Å². The maximum atomic E-state index is 13.3. The van der Waals surface area contributed by atoms with Gasteiger partial charge in [-0.2, -0.15) is 13.2 Å². The van der Waals surface area contributed by atoms with E-state index < -0.39 is 33.5 Å². The third-order valence-electron chi connectivity index (χ3n) is 4.59. The van der Waals surface area contributed by atoms with Gasteiger partial charge in [0, 0.05) is 31.7 Å². The third kappa shape index (κ3) is 4.35. The van der Waals surface area contributed by atoms with Crippen LogP contribution in [0, 0.1) is 5.82 Å². The molecule has 1 amide bonds. The monoisotopic (exact) mass is 396 g/mol. The first kappa shape index (κ1) is 20.6. The number of carbonyl (C=O) groups is 1. The van der Waals surface area contributed by atoms with Crippen molar-refractivity contribution in [2.24, 2.45) is 0 Å². The van der Waals surface area contributed by atoms with Crippen LogP contribution in [-0.4, -0.2) is 55.5 Å². The van der Waals surface area contributed by atoms with Crippen molar-refractivity contribution in [1.82, 2.24) is 9.21 Å². The number of hydrogen-bond acceptors (Lipinski definition) is 3. The van der Waals surface area contributed by atoms with Gasteiger partial charge in [-0.05, 0) is 38.0 Å². The Hall–Kier alpha value is -1.68. The van der Waals surface area contributed by atoms with Gasteiger partial charge in [-0.1, -0.05) is 0 Å². The van der Waals surface area contributed by atoms with E-state index in [1.807, 2.05) is 0 Å². The summed E-state index contributed by atoms with van der Waals surface area (Å²) >= 11 is 0. The Morgan fingerprint density at radius 2 is 1.85 bits per heavy atom. The summed E-state index contributed by atoms with van der Waals surface area (Å²) in [4.78, 5) is 13.8. The normalized spacial score (nSPS) is 17.0. The van der Waals surface area contributed by atoms with E-state index in [4.69, 9.17) is 0 Å². The number of sulfonamides is 1. The largest absolute Gasteiger partial charge is 0.419 e. The molecule has 1 aliphatic rings. The van der Waals surface area contributed by atoms with Gasteiger partial charge in [-0.25, -0.2) is 17.1 Å². The van der Waals surface area contributed by atoms with E-state index in [2.05, 4.69) is 0 Å². The van der Waals surface area contributed by atoms with Crippen LogP contribution in [-0.2, 0) is 16.2 Å². The smallest absolute Gasteiger partial charge is 0.339 e. The molecule has 5 nitrogen and oxygen atoms in total. The molecule has 2 rings (SSSR count).